The molecule has 4 aromatic heterocycles. The van der Waals surface area contributed by atoms with Crippen molar-refractivity contribution in [2.24, 2.45) is 0 Å². The van der Waals surface area contributed by atoms with Crippen LogP contribution in [-0.4, -0.2) is 24.7 Å². The first-order chi connectivity index (χ1) is 12.8. The van der Waals surface area contributed by atoms with E-state index >= 15 is 0 Å². The summed E-state index contributed by atoms with van der Waals surface area (Å²) in [6.45, 7) is 3.02. The fraction of sp³-hybridized carbons (Fsp3) is 0.222. The largest absolute Gasteiger partial charge is 0.444 e. The molecule has 0 aliphatic heterocycles. The van der Waals surface area contributed by atoms with Crippen LogP contribution < -0.4 is 0 Å². The molecule has 0 spiro atoms. The summed E-state index contributed by atoms with van der Waals surface area (Å²) < 4.78 is 7.74. The lowest BCUT2D eigenvalue weighted by molar-refractivity contribution is 0.575. The van der Waals surface area contributed by atoms with Gasteiger partial charge in [0.25, 0.3) is 0 Å². The van der Waals surface area contributed by atoms with Crippen LogP contribution in [0.1, 0.15) is 19.0 Å². The zero-order valence-corrected chi connectivity index (χ0v) is 15.8. The van der Waals surface area contributed by atoms with Crippen molar-refractivity contribution in [2.45, 2.75) is 30.8 Å². The highest BCUT2D eigenvalue weighted by Crippen LogP contribution is 2.28. The Morgan fingerprint density at radius 2 is 2.08 bits per heavy atom. The molecule has 4 aromatic rings. The van der Waals surface area contributed by atoms with Gasteiger partial charge in [-0.25, -0.2) is 4.98 Å². The molecule has 6 nitrogen and oxygen atoms in total. The first-order valence-electron chi connectivity index (χ1n) is 8.30. The van der Waals surface area contributed by atoms with Gasteiger partial charge in [-0.3, -0.25) is 4.98 Å². The Hall–Kier alpha value is -2.45. The lowest BCUT2D eigenvalue weighted by Gasteiger charge is -2.08. The molecule has 4 heterocycles. The summed E-state index contributed by atoms with van der Waals surface area (Å²) in [6.07, 6.45) is 6.27. The maximum absolute atomic E-state index is 5.59. The predicted octanol–water partition coefficient (Wildman–Crippen LogP) is 4.76. The highest BCUT2D eigenvalue weighted by atomic mass is 32.2. The molecule has 0 amide bonds. The minimum atomic E-state index is 0.670. The van der Waals surface area contributed by atoms with Gasteiger partial charge < -0.3 is 8.98 Å². The number of pyridine rings is 1. The van der Waals surface area contributed by atoms with Crippen LogP contribution in [-0.2, 0) is 12.3 Å². The van der Waals surface area contributed by atoms with Crippen LogP contribution in [0.4, 0.5) is 0 Å². The van der Waals surface area contributed by atoms with Crippen LogP contribution in [0, 0.1) is 0 Å². The molecule has 0 bridgehead atoms. The van der Waals surface area contributed by atoms with Gasteiger partial charge in [-0.2, -0.15) is 0 Å². The van der Waals surface area contributed by atoms with Gasteiger partial charge in [0.1, 0.15) is 6.26 Å². The van der Waals surface area contributed by atoms with Gasteiger partial charge in [0, 0.05) is 30.3 Å². The molecule has 0 saturated heterocycles. The van der Waals surface area contributed by atoms with E-state index in [4.69, 9.17) is 4.42 Å². The number of thioether (sulfide) groups is 1. The minimum Gasteiger partial charge on any atom is -0.444 e. The molecule has 0 saturated carbocycles. The van der Waals surface area contributed by atoms with Gasteiger partial charge in [-0.15, -0.1) is 21.5 Å². The van der Waals surface area contributed by atoms with Crippen LogP contribution in [0.25, 0.3) is 22.2 Å². The topological polar surface area (TPSA) is 69.6 Å². The van der Waals surface area contributed by atoms with Gasteiger partial charge in [0.2, 0.25) is 5.89 Å². The van der Waals surface area contributed by atoms with Gasteiger partial charge in [-0.05, 0) is 30.0 Å². The Balaban J connectivity index is 1.52. The van der Waals surface area contributed by atoms with E-state index in [2.05, 4.69) is 31.7 Å². The molecule has 4 rings (SSSR count). The van der Waals surface area contributed by atoms with E-state index in [9.17, 15) is 0 Å². The second-order valence-electron chi connectivity index (χ2n) is 5.60. The van der Waals surface area contributed by atoms with Gasteiger partial charge in [-0.1, -0.05) is 24.8 Å². The molecule has 0 atom stereocenters. The van der Waals surface area contributed by atoms with Crippen molar-refractivity contribution in [2.75, 3.05) is 0 Å². The van der Waals surface area contributed by atoms with E-state index in [0.29, 0.717) is 11.6 Å². The number of thiophene rings is 1. The Bertz CT molecular complexity index is 963. The first-order valence-corrected chi connectivity index (χ1v) is 10.2. The fourth-order valence-electron chi connectivity index (χ4n) is 2.56. The molecule has 26 heavy (non-hydrogen) atoms. The maximum Gasteiger partial charge on any atom is 0.236 e. The molecule has 0 aromatic carbocycles. The van der Waals surface area contributed by atoms with Crippen LogP contribution in [0.5, 0.6) is 0 Å². The van der Waals surface area contributed by atoms with E-state index in [1.165, 1.54) is 0 Å². The molecular formula is C18H17N5OS2. The van der Waals surface area contributed by atoms with Crippen molar-refractivity contribution in [1.82, 2.24) is 24.7 Å². The SMILES string of the molecule is CCCn1c(SCc2coc(-c3cccs3)n2)nnc1-c1ccncc1. The van der Waals surface area contributed by atoms with E-state index in [0.717, 1.165) is 40.1 Å². The van der Waals surface area contributed by atoms with Crippen molar-refractivity contribution in [3.05, 3.63) is 54.0 Å². The summed E-state index contributed by atoms with van der Waals surface area (Å²) in [5, 5.41) is 11.7. The third-order valence-electron chi connectivity index (χ3n) is 3.74. The quantitative estimate of drug-likeness (QED) is 0.429. The monoisotopic (exact) mass is 383 g/mol. The second-order valence-corrected chi connectivity index (χ2v) is 7.49. The normalized spacial score (nSPS) is 11.1. The third-order valence-corrected chi connectivity index (χ3v) is 5.59. The molecule has 0 aliphatic carbocycles. The summed E-state index contributed by atoms with van der Waals surface area (Å²) in [5.41, 5.74) is 1.92. The van der Waals surface area contributed by atoms with Gasteiger partial charge >= 0.3 is 0 Å². The average Bonchev–Trinajstić information content (AvgIpc) is 3.42. The maximum atomic E-state index is 5.59. The smallest absolute Gasteiger partial charge is 0.236 e. The summed E-state index contributed by atoms with van der Waals surface area (Å²) in [6, 6.07) is 7.91. The van der Waals surface area contributed by atoms with Crippen LogP contribution in [0.15, 0.2) is 57.9 Å². The van der Waals surface area contributed by atoms with E-state index in [1.807, 2.05) is 29.6 Å². The highest BCUT2D eigenvalue weighted by Gasteiger charge is 2.15. The van der Waals surface area contributed by atoms with E-state index < -0.39 is 0 Å². The Morgan fingerprint density at radius 3 is 2.85 bits per heavy atom. The van der Waals surface area contributed by atoms with Crippen LogP contribution in [0.3, 0.4) is 0 Å². The van der Waals surface area contributed by atoms with Crippen molar-refractivity contribution in [3.8, 4) is 22.2 Å². The zero-order chi connectivity index (χ0) is 17.8. The number of aromatic nitrogens is 5. The lowest BCUT2D eigenvalue weighted by atomic mass is 10.2. The molecular weight excluding hydrogens is 366 g/mol. The standard InChI is InChI=1S/C18H17N5OS2/c1-2-9-23-16(13-5-7-19-8-6-13)21-22-18(23)26-12-14-11-24-17(20-14)15-4-3-10-25-15/h3-8,10-11H,2,9,12H2,1H3. The molecule has 0 unspecified atom stereocenters. The van der Waals surface area contributed by atoms with Gasteiger partial charge in [0.15, 0.2) is 11.0 Å². The highest BCUT2D eigenvalue weighted by molar-refractivity contribution is 7.98. The summed E-state index contributed by atoms with van der Waals surface area (Å²) in [7, 11) is 0. The Labute approximate surface area is 159 Å². The molecule has 8 heteroatoms. The van der Waals surface area contributed by atoms with E-state index in [-0.39, 0.29) is 0 Å². The molecule has 0 radical (unpaired) electrons. The van der Waals surface area contributed by atoms with Crippen LogP contribution in [0.2, 0.25) is 0 Å². The Kier molecular flexibility index (Phi) is 5.12. The van der Waals surface area contributed by atoms with Crippen molar-refractivity contribution in [3.63, 3.8) is 0 Å². The van der Waals surface area contributed by atoms with Crippen molar-refractivity contribution < 1.29 is 4.42 Å². The first kappa shape index (κ1) is 17.0. The summed E-state index contributed by atoms with van der Waals surface area (Å²) in [5.74, 6) is 2.23. The molecule has 132 valence electrons. The van der Waals surface area contributed by atoms with Crippen LogP contribution >= 0.6 is 23.1 Å². The number of nitrogens with zero attached hydrogens (tertiary/aromatic N) is 5. The molecule has 0 fully saturated rings. The number of hydrogen-bond acceptors (Lipinski definition) is 7. The number of rotatable bonds is 7. The van der Waals surface area contributed by atoms with Crippen molar-refractivity contribution in [1.29, 1.82) is 0 Å². The third kappa shape index (κ3) is 3.56. The summed E-state index contributed by atoms with van der Waals surface area (Å²) >= 11 is 3.24. The minimum absolute atomic E-state index is 0.670. The molecule has 0 N–H and O–H groups in total. The second kappa shape index (κ2) is 7.84. The number of oxazole rings is 1. The van der Waals surface area contributed by atoms with Crippen molar-refractivity contribution >= 4 is 23.1 Å². The summed E-state index contributed by atoms with van der Waals surface area (Å²) in [4.78, 5) is 9.68. The predicted molar refractivity (Wildman–Crippen MR) is 103 cm³/mol. The van der Waals surface area contributed by atoms with Gasteiger partial charge in [0.05, 0.1) is 10.6 Å². The lowest BCUT2D eigenvalue weighted by Crippen LogP contribution is -2.02. The van der Waals surface area contributed by atoms with E-state index in [1.54, 1.807) is 41.8 Å². The average molecular weight is 384 g/mol. The molecule has 0 aliphatic rings. The Morgan fingerprint density at radius 1 is 1.19 bits per heavy atom. The number of hydrogen-bond donors (Lipinski definition) is 0. The zero-order valence-electron chi connectivity index (χ0n) is 14.2. The fourth-order valence-corrected chi connectivity index (χ4v) is 4.06.